The maximum absolute atomic E-state index is 10.7. The van der Waals surface area contributed by atoms with Crippen LogP contribution in [0.5, 0.6) is 5.88 Å². The first-order valence-electron chi connectivity index (χ1n) is 8.95. The SMILES string of the molecule is N#Cc1cc(-c2ccnc(Nc3nc(OC(N)=O)co3)n2)ccc1N1CCCC1. The number of nitrogens with two attached hydrogens (primary N) is 1. The Morgan fingerprint density at radius 2 is 2.10 bits per heavy atom. The molecule has 0 spiro atoms. The number of oxazole rings is 1. The fourth-order valence-corrected chi connectivity index (χ4v) is 3.16. The molecular formula is C19H17N7O3. The molecule has 1 aliphatic rings. The minimum Gasteiger partial charge on any atom is -0.428 e. The average Bonchev–Trinajstić information content (AvgIpc) is 3.40. The fourth-order valence-electron chi connectivity index (χ4n) is 3.16. The molecule has 146 valence electrons. The van der Waals surface area contributed by atoms with E-state index < -0.39 is 6.09 Å². The Morgan fingerprint density at radius 1 is 1.28 bits per heavy atom. The monoisotopic (exact) mass is 391 g/mol. The van der Waals surface area contributed by atoms with Crippen LogP contribution in [0.2, 0.25) is 0 Å². The van der Waals surface area contributed by atoms with Gasteiger partial charge in [-0.2, -0.15) is 10.2 Å². The number of anilines is 3. The van der Waals surface area contributed by atoms with Crippen LogP contribution in [0.15, 0.2) is 41.1 Å². The molecule has 3 aromatic rings. The van der Waals surface area contributed by atoms with Gasteiger partial charge in [0.05, 0.1) is 16.9 Å². The summed E-state index contributed by atoms with van der Waals surface area (Å²) in [5, 5.41) is 12.4. The first kappa shape index (κ1) is 18.2. The molecule has 1 aliphatic heterocycles. The second-order valence-corrected chi connectivity index (χ2v) is 6.34. The number of carbonyl (C=O) groups excluding carboxylic acids is 1. The van der Waals surface area contributed by atoms with Gasteiger partial charge in [-0.05, 0) is 31.0 Å². The van der Waals surface area contributed by atoms with Gasteiger partial charge in [0.25, 0.3) is 5.88 Å². The summed E-state index contributed by atoms with van der Waals surface area (Å²) in [6.07, 6.45) is 4.00. The van der Waals surface area contributed by atoms with Crippen LogP contribution in [0.4, 0.5) is 22.4 Å². The van der Waals surface area contributed by atoms with Crippen molar-refractivity contribution in [3.8, 4) is 23.2 Å². The maximum Gasteiger partial charge on any atom is 0.411 e. The van der Waals surface area contributed by atoms with Crippen LogP contribution in [0, 0.1) is 11.3 Å². The Labute approximate surface area is 165 Å². The van der Waals surface area contributed by atoms with Crippen LogP contribution in [0.25, 0.3) is 11.3 Å². The molecule has 0 radical (unpaired) electrons. The van der Waals surface area contributed by atoms with E-state index in [0.717, 1.165) is 43.4 Å². The van der Waals surface area contributed by atoms with Crippen molar-refractivity contribution >= 4 is 23.7 Å². The van der Waals surface area contributed by atoms with E-state index in [-0.39, 0.29) is 17.8 Å². The Hall–Kier alpha value is -4.13. The minimum atomic E-state index is -0.992. The highest BCUT2D eigenvalue weighted by Gasteiger charge is 2.17. The molecule has 0 bridgehead atoms. The van der Waals surface area contributed by atoms with Gasteiger partial charge in [0, 0.05) is 24.8 Å². The van der Waals surface area contributed by atoms with Crippen molar-refractivity contribution in [3.05, 3.63) is 42.3 Å². The number of ether oxygens (including phenoxy) is 1. The maximum atomic E-state index is 10.7. The standard InChI is InChI=1S/C19H17N7O3/c20-10-13-9-12(3-4-15(13)26-7-1-2-8-26)14-5-6-22-18(23-14)25-19-24-16(11-28-19)29-17(21)27/h3-6,9,11H,1-2,7-8H2,(H2,21,27)(H,22,23,24,25). The largest absolute Gasteiger partial charge is 0.428 e. The van der Waals surface area contributed by atoms with Crippen LogP contribution in [0.3, 0.4) is 0 Å². The molecule has 2 aromatic heterocycles. The zero-order valence-electron chi connectivity index (χ0n) is 15.3. The van der Waals surface area contributed by atoms with Gasteiger partial charge < -0.3 is 19.8 Å². The zero-order chi connectivity index (χ0) is 20.2. The third kappa shape index (κ3) is 4.08. The van der Waals surface area contributed by atoms with Gasteiger partial charge in [-0.25, -0.2) is 14.8 Å². The third-order valence-electron chi connectivity index (χ3n) is 4.42. The third-order valence-corrected chi connectivity index (χ3v) is 4.42. The smallest absolute Gasteiger partial charge is 0.411 e. The molecule has 0 atom stereocenters. The van der Waals surface area contributed by atoms with Crippen molar-refractivity contribution in [1.29, 1.82) is 5.26 Å². The second-order valence-electron chi connectivity index (χ2n) is 6.34. The van der Waals surface area contributed by atoms with E-state index in [9.17, 15) is 10.1 Å². The first-order valence-corrected chi connectivity index (χ1v) is 8.95. The van der Waals surface area contributed by atoms with Gasteiger partial charge in [-0.15, -0.1) is 0 Å². The van der Waals surface area contributed by atoms with Crippen molar-refractivity contribution in [1.82, 2.24) is 15.0 Å². The number of hydrogen-bond donors (Lipinski definition) is 2. The zero-order valence-corrected chi connectivity index (χ0v) is 15.3. The molecule has 3 N–H and O–H groups in total. The summed E-state index contributed by atoms with van der Waals surface area (Å²) < 4.78 is 9.76. The van der Waals surface area contributed by atoms with Crippen molar-refractivity contribution in [3.63, 3.8) is 0 Å². The van der Waals surface area contributed by atoms with Crippen LogP contribution in [-0.2, 0) is 0 Å². The average molecular weight is 391 g/mol. The quantitative estimate of drug-likeness (QED) is 0.671. The molecule has 1 amide bonds. The Morgan fingerprint density at radius 3 is 2.86 bits per heavy atom. The van der Waals surface area contributed by atoms with Crippen molar-refractivity contribution in [2.24, 2.45) is 5.73 Å². The molecule has 0 saturated carbocycles. The van der Waals surface area contributed by atoms with E-state index in [2.05, 4.69) is 36.0 Å². The van der Waals surface area contributed by atoms with Gasteiger partial charge in [0.2, 0.25) is 5.95 Å². The molecule has 29 heavy (non-hydrogen) atoms. The van der Waals surface area contributed by atoms with Crippen LogP contribution < -0.4 is 20.7 Å². The molecule has 0 aliphatic carbocycles. The number of amides is 1. The van der Waals surface area contributed by atoms with Gasteiger partial charge in [0.15, 0.2) is 6.26 Å². The number of carbonyl (C=O) groups is 1. The van der Waals surface area contributed by atoms with Crippen LogP contribution in [0.1, 0.15) is 18.4 Å². The number of nitrogens with one attached hydrogen (secondary N) is 1. The lowest BCUT2D eigenvalue weighted by Gasteiger charge is -2.19. The van der Waals surface area contributed by atoms with Crippen molar-refractivity contribution < 1.29 is 13.9 Å². The van der Waals surface area contributed by atoms with E-state index in [1.54, 1.807) is 12.3 Å². The number of primary amides is 1. The lowest BCUT2D eigenvalue weighted by atomic mass is 10.1. The van der Waals surface area contributed by atoms with E-state index in [1.165, 1.54) is 0 Å². The molecule has 3 heterocycles. The molecule has 1 fully saturated rings. The lowest BCUT2D eigenvalue weighted by molar-refractivity contribution is 0.209. The summed E-state index contributed by atoms with van der Waals surface area (Å²) in [6.45, 7) is 1.93. The van der Waals surface area contributed by atoms with Gasteiger partial charge >= 0.3 is 12.1 Å². The Bertz CT molecular complexity index is 1080. The molecule has 10 nitrogen and oxygen atoms in total. The summed E-state index contributed by atoms with van der Waals surface area (Å²) in [7, 11) is 0. The number of nitrogens with zero attached hydrogens (tertiary/aromatic N) is 5. The highest BCUT2D eigenvalue weighted by molar-refractivity contribution is 5.70. The van der Waals surface area contributed by atoms with Gasteiger partial charge in [-0.3, -0.25) is 5.32 Å². The lowest BCUT2D eigenvalue weighted by Crippen LogP contribution is -2.18. The summed E-state index contributed by atoms with van der Waals surface area (Å²) >= 11 is 0. The molecule has 4 rings (SSSR count). The van der Waals surface area contributed by atoms with Gasteiger partial charge in [0.1, 0.15) is 6.07 Å². The number of benzene rings is 1. The topological polar surface area (TPSA) is 143 Å². The summed E-state index contributed by atoms with van der Waals surface area (Å²) in [4.78, 5) is 25.4. The van der Waals surface area contributed by atoms with Crippen molar-refractivity contribution in [2.45, 2.75) is 12.8 Å². The molecular weight excluding hydrogens is 374 g/mol. The number of nitriles is 1. The molecule has 1 saturated heterocycles. The number of hydrogen-bond acceptors (Lipinski definition) is 9. The van der Waals surface area contributed by atoms with E-state index in [1.807, 2.05) is 18.2 Å². The van der Waals surface area contributed by atoms with Crippen LogP contribution in [-0.4, -0.2) is 34.1 Å². The second kappa shape index (κ2) is 7.85. The number of aromatic nitrogens is 3. The first-order chi connectivity index (χ1) is 14.1. The van der Waals surface area contributed by atoms with Crippen LogP contribution >= 0.6 is 0 Å². The highest BCUT2D eigenvalue weighted by Crippen LogP contribution is 2.29. The molecule has 10 heteroatoms. The fraction of sp³-hybridized carbons (Fsp3) is 0.211. The summed E-state index contributed by atoms with van der Waals surface area (Å²) in [6, 6.07) is 9.78. The Kier molecular flexibility index (Phi) is 4.94. The summed E-state index contributed by atoms with van der Waals surface area (Å²) in [5.41, 5.74) is 7.91. The number of rotatable bonds is 5. The molecule has 1 aromatic carbocycles. The van der Waals surface area contributed by atoms with Crippen molar-refractivity contribution in [2.75, 3.05) is 23.3 Å². The van der Waals surface area contributed by atoms with Gasteiger partial charge in [-0.1, -0.05) is 6.07 Å². The van der Waals surface area contributed by atoms with E-state index in [0.29, 0.717) is 11.3 Å². The predicted octanol–water partition coefficient (Wildman–Crippen LogP) is 2.80. The van der Waals surface area contributed by atoms with E-state index >= 15 is 0 Å². The summed E-state index contributed by atoms with van der Waals surface area (Å²) in [5.74, 6) is 0.157. The predicted molar refractivity (Wildman–Crippen MR) is 104 cm³/mol. The minimum absolute atomic E-state index is 0.0421. The van der Waals surface area contributed by atoms with E-state index in [4.69, 9.17) is 10.2 Å². The normalized spacial score (nSPS) is 13.1. The molecule has 0 unspecified atom stereocenters. The highest BCUT2D eigenvalue weighted by atomic mass is 16.6. The Balaban J connectivity index is 1.56.